The number of benzene rings is 2. The molecule has 0 aromatic heterocycles. The second-order valence-corrected chi connectivity index (χ2v) is 7.65. The van der Waals surface area contributed by atoms with Crippen molar-refractivity contribution in [3.63, 3.8) is 0 Å². The smallest absolute Gasteiger partial charge is 0.170 e. The van der Waals surface area contributed by atoms with E-state index in [4.69, 9.17) is 21.7 Å². The van der Waals surface area contributed by atoms with Crippen molar-refractivity contribution in [2.75, 3.05) is 30.8 Å². The van der Waals surface area contributed by atoms with Gasteiger partial charge in [0.25, 0.3) is 0 Å². The van der Waals surface area contributed by atoms with Crippen LogP contribution in [0.15, 0.2) is 42.5 Å². The molecule has 0 radical (unpaired) electrons. The molecule has 3 rings (SSSR count). The molecule has 0 amide bonds. The highest BCUT2D eigenvalue weighted by Crippen LogP contribution is 2.32. The summed E-state index contributed by atoms with van der Waals surface area (Å²) in [6, 6.07) is 14.4. The number of thiocarbonyl (C=S) groups is 1. The molecule has 6 heteroatoms. The fourth-order valence-electron chi connectivity index (χ4n) is 2.66. The van der Waals surface area contributed by atoms with E-state index in [0.29, 0.717) is 18.3 Å². The van der Waals surface area contributed by atoms with E-state index in [-0.39, 0.29) is 0 Å². The third kappa shape index (κ3) is 5.81. The minimum absolute atomic E-state index is 0.583. The number of hydrogen-bond donors (Lipinski definition) is 2. The molecule has 1 aliphatic rings. The molecular formula is C20H24N2O2S2. The molecule has 1 aliphatic heterocycles. The first-order valence-corrected chi connectivity index (χ1v) is 10.3. The number of rotatable bonds is 7. The van der Waals surface area contributed by atoms with Gasteiger partial charge in [0.15, 0.2) is 16.6 Å². The molecule has 0 bridgehead atoms. The molecule has 4 nitrogen and oxygen atoms in total. The Morgan fingerprint density at radius 3 is 2.81 bits per heavy atom. The number of thioether (sulfide) groups is 1. The largest absolute Gasteiger partial charge is 0.486 e. The van der Waals surface area contributed by atoms with E-state index in [1.807, 2.05) is 30.0 Å². The van der Waals surface area contributed by atoms with Crippen LogP contribution >= 0.6 is 24.0 Å². The maximum atomic E-state index is 5.58. The molecule has 2 aromatic rings. The van der Waals surface area contributed by atoms with Gasteiger partial charge in [0, 0.05) is 24.1 Å². The highest BCUT2D eigenvalue weighted by Gasteiger charge is 2.11. The lowest BCUT2D eigenvalue weighted by molar-refractivity contribution is 0.171. The highest BCUT2D eigenvalue weighted by molar-refractivity contribution is 7.98. The van der Waals surface area contributed by atoms with Crippen LogP contribution in [0.2, 0.25) is 0 Å². The van der Waals surface area contributed by atoms with E-state index in [1.54, 1.807) is 0 Å². The summed E-state index contributed by atoms with van der Waals surface area (Å²) in [5.74, 6) is 3.71. The number of ether oxygens (including phenoxy) is 2. The number of hydrogen-bond acceptors (Lipinski definition) is 4. The van der Waals surface area contributed by atoms with Crippen LogP contribution in [-0.4, -0.2) is 30.6 Å². The maximum absolute atomic E-state index is 5.58. The van der Waals surface area contributed by atoms with Gasteiger partial charge in [-0.2, -0.15) is 11.8 Å². The molecule has 26 heavy (non-hydrogen) atoms. The first-order chi connectivity index (χ1) is 12.7. The minimum Gasteiger partial charge on any atom is -0.486 e. The summed E-state index contributed by atoms with van der Waals surface area (Å²) in [5, 5.41) is 7.08. The molecule has 0 saturated heterocycles. The monoisotopic (exact) mass is 388 g/mol. The standard InChI is InChI=1S/C20H24N2O2S2/c1-15-4-2-5-16(12-15)14-26-11-3-8-21-20(25)22-17-6-7-18-19(13-17)24-10-9-23-18/h2,4-7,12-13H,3,8-11,14H2,1H3,(H2,21,22,25). The van der Waals surface area contributed by atoms with Gasteiger partial charge in [-0.05, 0) is 49.0 Å². The summed E-state index contributed by atoms with van der Waals surface area (Å²) in [7, 11) is 0. The molecule has 1 heterocycles. The van der Waals surface area contributed by atoms with E-state index in [1.165, 1.54) is 11.1 Å². The molecule has 0 atom stereocenters. The van der Waals surface area contributed by atoms with Crippen LogP contribution in [0.25, 0.3) is 0 Å². The predicted molar refractivity (Wildman–Crippen MR) is 114 cm³/mol. The van der Waals surface area contributed by atoms with Crippen LogP contribution in [0.4, 0.5) is 5.69 Å². The van der Waals surface area contributed by atoms with Crippen molar-refractivity contribution in [2.24, 2.45) is 0 Å². The summed E-state index contributed by atoms with van der Waals surface area (Å²) in [4.78, 5) is 0. The number of fused-ring (bicyclic) bond motifs is 1. The third-order valence-electron chi connectivity index (χ3n) is 3.90. The van der Waals surface area contributed by atoms with Gasteiger partial charge in [-0.3, -0.25) is 0 Å². The average Bonchev–Trinajstić information content (AvgIpc) is 2.64. The van der Waals surface area contributed by atoms with Crippen molar-refractivity contribution < 1.29 is 9.47 Å². The van der Waals surface area contributed by atoms with E-state index in [9.17, 15) is 0 Å². The van der Waals surface area contributed by atoms with Crippen LogP contribution in [0, 0.1) is 6.92 Å². The van der Waals surface area contributed by atoms with E-state index in [2.05, 4.69) is 41.8 Å². The molecule has 0 unspecified atom stereocenters. The lowest BCUT2D eigenvalue weighted by Crippen LogP contribution is -2.29. The van der Waals surface area contributed by atoms with Crippen molar-refractivity contribution in [3.8, 4) is 11.5 Å². The molecule has 0 saturated carbocycles. The Hall–Kier alpha value is -1.92. The molecule has 138 valence electrons. The van der Waals surface area contributed by atoms with Crippen molar-refractivity contribution in [3.05, 3.63) is 53.6 Å². The molecule has 2 N–H and O–H groups in total. The van der Waals surface area contributed by atoms with Gasteiger partial charge in [-0.25, -0.2) is 0 Å². The lowest BCUT2D eigenvalue weighted by atomic mass is 10.2. The molecule has 0 fully saturated rings. The molecule has 0 aliphatic carbocycles. The van der Waals surface area contributed by atoms with E-state index >= 15 is 0 Å². The van der Waals surface area contributed by atoms with Gasteiger partial charge < -0.3 is 20.1 Å². The number of nitrogens with one attached hydrogen (secondary N) is 2. The second kappa shape index (κ2) is 9.69. The topological polar surface area (TPSA) is 42.5 Å². The molecule has 2 aromatic carbocycles. The van der Waals surface area contributed by atoms with Crippen molar-refractivity contribution in [1.82, 2.24) is 5.32 Å². The zero-order valence-corrected chi connectivity index (χ0v) is 16.6. The minimum atomic E-state index is 0.583. The number of aryl methyl sites for hydroxylation is 1. The van der Waals surface area contributed by atoms with Crippen LogP contribution < -0.4 is 20.1 Å². The summed E-state index contributed by atoms with van der Waals surface area (Å²) in [6.45, 7) is 4.17. The highest BCUT2D eigenvalue weighted by atomic mass is 32.2. The Morgan fingerprint density at radius 2 is 1.96 bits per heavy atom. The van der Waals surface area contributed by atoms with Crippen molar-refractivity contribution >= 4 is 34.8 Å². The first-order valence-electron chi connectivity index (χ1n) is 8.78. The molecule has 0 spiro atoms. The Kier molecular flexibility index (Phi) is 7.03. The zero-order valence-electron chi connectivity index (χ0n) is 14.9. The third-order valence-corrected chi connectivity index (χ3v) is 5.26. The lowest BCUT2D eigenvalue weighted by Gasteiger charge is -2.19. The fourth-order valence-corrected chi connectivity index (χ4v) is 3.79. The van der Waals surface area contributed by atoms with Gasteiger partial charge >= 0.3 is 0 Å². The van der Waals surface area contributed by atoms with Gasteiger partial charge in [0.05, 0.1) is 0 Å². The molecular weight excluding hydrogens is 364 g/mol. The van der Waals surface area contributed by atoms with Crippen LogP contribution in [0.3, 0.4) is 0 Å². The zero-order chi connectivity index (χ0) is 18.2. The summed E-state index contributed by atoms with van der Waals surface area (Å²) < 4.78 is 11.1. The van der Waals surface area contributed by atoms with E-state index in [0.717, 1.165) is 41.7 Å². The van der Waals surface area contributed by atoms with Crippen LogP contribution in [-0.2, 0) is 5.75 Å². The fraction of sp³-hybridized carbons (Fsp3) is 0.350. The number of anilines is 1. The van der Waals surface area contributed by atoms with Gasteiger partial charge in [-0.1, -0.05) is 29.8 Å². The average molecular weight is 389 g/mol. The van der Waals surface area contributed by atoms with Crippen molar-refractivity contribution in [1.29, 1.82) is 0 Å². The van der Waals surface area contributed by atoms with Crippen LogP contribution in [0.1, 0.15) is 17.5 Å². The quantitative estimate of drug-likeness (QED) is 0.542. The summed E-state index contributed by atoms with van der Waals surface area (Å²) >= 11 is 7.31. The summed E-state index contributed by atoms with van der Waals surface area (Å²) in [5.41, 5.74) is 3.61. The predicted octanol–water partition coefficient (Wildman–Crippen LogP) is 4.38. The Bertz CT molecular complexity index is 752. The Labute approximate surface area is 164 Å². The normalized spacial score (nSPS) is 12.5. The Morgan fingerprint density at radius 1 is 1.12 bits per heavy atom. The summed E-state index contributed by atoms with van der Waals surface area (Å²) in [6.07, 6.45) is 1.07. The van der Waals surface area contributed by atoms with Crippen molar-refractivity contribution in [2.45, 2.75) is 19.1 Å². The Balaban J connectivity index is 1.32. The van der Waals surface area contributed by atoms with Crippen LogP contribution in [0.5, 0.6) is 11.5 Å². The van der Waals surface area contributed by atoms with Gasteiger partial charge in [0.2, 0.25) is 0 Å². The van der Waals surface area contributed by atoms with Gasteiger partial charge in [0.1, 0.15) is 13.2 Å². The van der Waals surface area contributed by atoms with E-state index < -0.39 is 0 Å². The SMILES string of the molecule is Cc1cccc(CSCCCNC(=S)Nc2ccc3c(c2)OCCO3)c1. The maximum Gasteiger partial charge on any atom is 0.170 e. The first kappa shape index (κ1) is 18.9. The second-order valence-electron chi connectivity index (χ2n) is 6.13. The van der Waals surface area contributed by atoms with Gasteiger partial charge in [-0.15, -0.1) is 0 Å².